The summed E-state index contributed by atoms with van der Waals surface area (Å²) in [6.07, 6.45) is 1.59. The summed E-state index contributed by atoms with van der Waals surface area (Å²) in [5, 5.41) is 6.58. The third kappa shape index (κ3) is 3.99. The Bertz CT molecular complexity index is 1160. The van der Waals surface area contributed by atoms with E-state index >= 15 is 0 Å². The van der Waals surface area contributed by atoms with Gasteiger partial charge in [-0.25, -0.2) is 9.97 Å². The van der Waals surface area contributed by atoms with Crippen LogP contribution in [-0.2, 0) is 0 Å². The number of ether oxygens (including phenoxy) is 2. The first-order valence-electron chi connectivity index (χ1n) is 8.89. The van der Waals surface area contributed by atoms with Crippen molar-refractivity contribution in [3.63, 3.8) is 0 Å². The average molecular weight is 428 g/mol. The summed E-state index contributed by atoms with van der Waals surface area (Å²) >= 11 is 1.62. The fraction of sp³-hybridized carbons (Fsp3) is 0.182. The second kappa shape index (κ2) is 8.68. The number of benzene rings is 2. The highest BCUT2D eigenvalue weighted by atomic mass is 35.5. The topological polar surface area (TPSA) is 56.3 Å². The largest absolute Gasteiger partial charge is 0.493 e. The lowest BCUT2D eigenvalue weighted by atomic mass is 10.0. The number of anilines is 2. The monoisotopic (exact) mass is 427 g/mol. The third-order valence-electron chi connectivity index (χ3n) is 4.83. The van der Waals surface area contributed by atoms with Crippen molar-refractivity contribution in [2.24, 2.45) is 0 Å². The molecular formula is C22H22ClN3O2S. The van der Waals surface area contributed by atoms with E-state index < -0.39 is 0 Å². The van der Waals surface area contributed by atoms with Gasteiger partial charge in [-0.05, 0) is 42.7 Å². The van der Waals surface area contributed by atoms with E-state index in [2.05, 4.69) is 52.7 Å². The molecule has 2 heterocycles. The SMILES string of the molecule is COc1ccc(Nc2ncnc3scc(-c4ccc(C)c(C)c4)c23)cc1OC.Cl. The molecule has 0 atom stereocenters. The molecule has 0 fully saturated rings. The van der Waals surface area contributed by atoms with Crippen LogP contribution in [0.4, 0.5) is 11.5 Å². The van der Waals surface area contributed by atoms with Gasteiger partial charge in [0, 0.05) is 22.7 Å². The summed E-state index contributed by atoms with van der Waals surface area (Å²) in [4.78, 5) is 9.91. The lowest BCUT2D eigenvalue weighted by molar-refractivity contribution is 0.355. The maximum absolute atomic E-state index is 5.41. The van der Waals surface area contributed by atoms with Crippen molar-refractivity contribution in [2.75, 3.05) is 19.5 Å². The van der Waals surface area contributed by atoms with Gasteiger partial charge >= 0.3 is 0 Å². The molecule has 150 valence electrons. The van der Waals surface area contributed by atoms with Gasteiger partial charge in [0.15, 0.2) is 11.5 Å². The van der Waals surface area contributed by atoms with Crippen LogP contribution in [0.1, 0.15) is 11.1 Å². The van der Waals surface area contributed by atoms with Crippen molar-refractivity contribution in [3.05, 3.63) is 59.2 Å². The van der Waals surface area contributed by atoms with E-state index in [1.165, 1.54) is 16.7 Å². The first-order valence-corrected chi connectivity index (χ1v) is 9.77. The van der Waals surface area contributed by atoms with E-state index in [9.17, 15) is 0 Å². The molecule has 0 amide bonds. The Hall–Kier alpha value is -2.83. The zero-order chi connectivity index (χ0) is 19.7. The first-order chi connectivity index (χ1) is 13.6. The number of thiophene rings is 1. The Morgan fingerprint density at radius 3 is 2.41 bits per heavy atom. The van der Waals surface area contributed by atoms with Crippen LogP contribution >= 0.6 is 23.7 Å². The lowest BCUT2D eigenvalue weighted by Gasteiger charge is -2.12. The number of nitrogens with one attached hydrogen (secondary N) is 1. The van der Waals surface area contributed by atoms with E-state index in [0.717, 1.165) is 27.3 Å². The minimum atomic E-state index is 0. The summed E-state index contributed by atoms with van der Waals surface area (Å²) < 4.78 is 10.7. The number of methoxy groups -OCH3 is 2. The molecule has 0 aliphatic carbocycles. The molecule has 4 aromatic rings. The Morgan fingerprint density at radius 1 is 0.897 bits per heavy atom. The lowest BCUT2D eigenvalue weighted by Crippen LogP contribution is -1.97. The molecule has 0 bridgehead atoms. The highest BCUT2D eigenvalue weighted by Crippen LogP contribution is 2.39. The van der Waals surface area contributed by atoms with Crippen LogP contribution in [0.2, 0.25) is 0 Å². The molecule has 7 heteroatoms. The number of hydrogen-bond acceptors (Lipinski definition) is 6. The van der Waals surface area contributed by atoms with E-state index in [1.54, 1.807) is 31.9 Å². The molecule has 29 heavy (non-hydrogen) atoms. The summed E-state index contributed by atoms with van der Waals surface area (Å²) in [6.45, 7) is 4.25. The van der Waals surface area contributed by atoms with E-state index in [-0.39, 0.29) is 12.4 Å². The molecular weight excluding hydrogens is 406 g/mol. The Labute approximate surface area is 180 Å². The molecule has 2 aromatic carbocycles. The van der Waals surface area contributed by atoms with Gasteiger partial charge in [0.05, 0.1) is 19.6 Å². The summed E-state index contributed by atoms with van der Waals surface area (Å²) in [6, 6.07) is 12.2. The van der Waals surface area contributed by atoms with Crippen LogP contribution < -0.4 is 14.8 Å². The van der Waals surface area contributed by atoms with Gasteiger partial charge in [-0.15, -0.1) is 23.7 Å². The highest BCUT2D eigenvalue weighted by molar-refractivity contribution is 7.17. The summed E-state index contributed by atoms with van der Waals surface area (Å²) in [7, 11) is 3.25. The van der Waals surface area contributed by atoms with Crippen LogP contribution in [0.25, 0.3) is 21.3 Å². The molecule has 0 aliphatic rings. The van der Waals surface area contributed by atoms with Crippen molar-refractivity contribution in [3.8, 4) is 22.6 Å². The Kier molecular flexibility index (Phi) is 6.25. The van der Waals surface area contributed by atoms with Gasteiger partial charge in [0.25, 0.3) is 0 Å². The van der Waals surface area contributed by atoms with Gasteiger partial charge in [-0.1, -0.05) is 18.2 Å². The second-order valence-corrected chi connectivity index (χ2v) is 7.40. The standard InChI is InChI=1S/C22H21N3O2S.ClH/c1-13-5-6-15(9-14(13)2)17-11-28-22-20(17)21(23-12-24-22)25-16-7-8-18(26-3)19(10-16)27-4;/h5-12H,1-4H3,(H,23,24,25);1H. The Balaban J connectivity index is 0.00000240. The second-order valence-electron chi connectivity index (χ2n) is 6.55. The smallest absolute Gasteiger partial charge is 0.162 e. The van der Waals surface area contributed by atoms with Crippen LogP contribution in [-0.4, -0.2) is 24.2 Å². The zero-order valence-corrected chi connectivity index (χ0v) is 18.3. The minimum absolute atomic E-state index is 0. The van der Waals surface area contributed by atoms with Crippen LogP contribution in [0.3, 0.4) is 0 Å². The average Bonchev–Trinajstić information content (AvgIpc) is 3.15. The molecule has 0 saturated heterocycles. The van der Waals surface area contributed by atoms with Gasteiger partial charge in [0.1, 0.15) is 17.0 Å². The van der Waals surface area contributed by atoms with Crippen LogP contribution in [0.15, 0.2) is 48.1 Å². The summed E-state index contributed by atoms with van der Waals surface area (Å²) in [5.74, 6) is 2.12. The Morgan fingerprint density at radius 2 is 1.69 bits per heavy atom. The molecule has 4 rings (SSSR count). The normalized spacial score (nSPS) is 10.5. The number of hydrogen-bond donors (Lipinski definition) is 1. The predicted octanol–water partition coefficient (Wildman–Crippen LogP) is 6.16. The molecule has 0 radical (unpaired) electrons. The van der Waals surface area contributed by atoms with Gasteiger partial charge in [0.2, 0.25) is 0 Å². The quantitative estimate of drug-likeness (QED) is 0.413. The highest BCUT2D eigenvalue weighted by Gasteiger charge is 2.14. The van der Waals surface area contributed by atoms with Gasteiger partial charge in [-0.2, -0.15) is 0 Å². The molecule has 0 unspecified atom stereocenters. The molecule has 0 spiro atoms. The molecule has 1 N–H and O–H groups in total. The predicted molar refractivity (Wildman–Crippen MR) is 122 cm³/mol. The van der Waals surface area contributed by atoms with E-state index in [0.29, 0.717) is 11.5 Å². The number of nitrogens with zero attached hydrogens (tertiary/aromatic N) is 2. The maximum atomic E-state index is 5.41. The maximum Gasteiger partial charge on any atom is 0.162 e. The number of rotatable bonds is 5. The van der Waals surface area contributed by atoms with Crippen LogP contribution in [0, 0.1) is 13.8 Å². The van der Waals surface area contributed by atoms with Crippen LogP contribution in [0.5, 0.6) is 11.5 Å². The summed E-state index contributed by atoms with van der Waals surface area (Å²) in [5.41, 5.74) is 5.72. The molecule has 5 nitrogen and oxygen atoms in total. The fourth-order valence-corrected chi connectivity index (χ4v) is 4.06. The zero-order valence-electron chi connectivity index (χ0n) is 16.6. The third-order valence-corrected chi connectivity index (χ3v) is 5.72. The van der Waals surface area contributed by atoms with Gasteiger partial charge in [-0.3, -0.25) is 0 Å². The van der Waals surface area contributed by atoms with Crippen molar-refractivity contribution in [1.29, 1.82) is 0 Å². The number of halogens is 1. The fourth-order valence-electron chi connectivity index (χ4n) is 3.14. The van der Waals surface area contributed by atoms with Crippen molar-refractivity contribution in [2.45, 2.75) is 13.8 Å². The van der Waals surface area contributed by atoms with Crippen molar-refractivity contribution >= 4 is 45.5 Å². The van der Waals surface area contributed by atoms with Crippen molar-refractivity contribution in [1.82, 2.24) is 9.97 Å². The number of fused-ring (bicyclic) bond motifs is 1. The molecule has 0 aliphatic heterocycles. The molecule has 0 saturated carbocycles. The number of aromatic nitrogens is 2. The van der Waals surface area contributed by atoms with Crippen molar-refractivity contribution < 1.29 is 9.47 Å². The minimum Gasteiger partial charge on any atom is -0.493 e. The number of aryl methyl sites for hydroxylation is 2. The van der Waals surface area contributed by atoms with E-state index in [4.69, 9.17) is 9.47 Å². The van der Waals surface area contributed by atoms with E-state index in [1.807, 2.05) is 18.2 Å². The van der Waals surface area contributed by atoms with Gasteiger partial charge < -0.3 is 14.8 Å². The molecule has 2 aromatic heterocycles. The first kappa shape index (κ1) is 20.9.